The molecule has 1 unspecified atom stereocenters. The molecule has 1 N–H and O–H groups in total. The van der Waals surface area contributed by atoms with Crippen molar-refractivity contribution in [3.63, 3.8) is 0 Å². The van der Waals surface area contributed by atoms with Crippen LogP contribution in [0.2, 0.25) is 0 Å². The zero-order chi connectivity index (χ0) is 10.5. The maximum absolute atomic E-state index is 3.44. The van der Waals surface area contributed by atoms with Crippen LogP contribution in [0.5, 0.6) is 0 Å². The second kappa shape index (κ2) is 4.65. The average molecular weight is 196 g/mol. The van der Waals surface area contributed by atoms with E-state index in [4.69, 9.17) is 0 Å². The first-order valence-corrected chi connectivity index (χ1v) is 5.14. The normalized spacial score (nSPS) is 12.1. The molecule has 75 valence electrons. The molecule has 1 atom stereocenters. The summed E-state index contributed by atoms with van der Waals surface area (Å²) < 4.78 is 0. The van der Waals surface area contributed by atoms with Crippen LogP contribution in [0.3, 0.4) is 0 Å². The number of rotatable bonds is 3. The van der Waals surface area contributed by atoms with Crippen LogP contribution in [0.25, 0.3) is 0 Å². The lowest BCUT2D eigenvalue weighted by atomic mass is 10.1. The van der Waals surface area contributed by atoms with Gasteiger partial charge in [-0.3, -0.25) is 0 Å². The topological polar surface area (TPSA) is 12.0 Å². The van der Waals surface area contributed by atoms with Crippen LogP contribution in [0.1, 0.15) is 18.5 Å². The first-order chi connectivity index (χ1) is 7.36. The van der Waals surface area contributed by atoms with Crippen molar-refractivity contribution < 1.29 is 0 Å². The third-order valence-corrected chi connectivity index (χ3v) is 2.40. The highest BCUT2D eigenvalue weighted by atomic mass is 14.9. The molecule has 1 nitrogen and oxygen atoms in total. The zero-order valence-corrected chi connectivity index (χ0v) is 8.77. The van der Waals surface area contributed by atoms with E-state index < -0.39 is 0 Å². The van der Waals surface area contributed by atoms with Crippen molar-refractivity contribution in [1.29, 1.82) is 0 Å². The molecular formula is C14H14N. The minimum Gasteiger partial charge on any atom is -0.379 e. The Hall–Kier alpha value is -1.76. The van der Waals surface area contributed by atoms with Gasteiger partial charge >= 0.3 is 0 Å². The van der Waals surface area contributed by atoms with E-state index in [0.29, 0.717) is 6.04 Å². The number of benzene rings is 2. The molecule has 2 aromatic carbocycles. The van der Waals surface area contributed by atoms with Gasteiger partial charge in [0.1, 0.15) is 0 Å². The van der Waals surface area contributed by atoms with E-state index in [1.165, 1.54) is 5.56 Å². The van der Waals surface area contributed by atoms with Crippen molar-refractivity contribution in [2.24, 2.45) is 0 Å². The molecule has 0 aliphatic rings. The van der Waals surface area contributed by atoms with Gasteiger partial charge in [-0.25, -0.2) is 0 Å². The van der Waals surface area contributed by atoms with Gasteiger partial charge in [-0.1, -0.05) is 42.5 Å². The molecule has 0 saturated carbocycles. The Kier molecular flexibility index (Phi) is 3.03. The molecule has 15 heavy (non-hydrogen) atoms. The van der Waals surface area contributed by atoms with Gasteiger partial charge in [0.25, 0.3) is 0 Å². The van der Waals surface area contributed by atoms with Gasteiger partial charge in [0.2, 0.25) is 0 Å². The van der Waals surface area contributed by atoms with Gasteiger partial charge in [-0.05, 0) is 30.7 Å². The molecule has 0 aromatic heterocycles. The van der Waals surface area contributed by atoms with E-state index in [0.717, 1.165) is 5.69 Å². The van der Waals surface area contributed by atoms with Crippen molar-refractivity contribution in [1.82, 2.24) is 0 Å². The summed E-state index contributed by atoms with van der Waals surface area (Å²) >= 11 is 0. The molecule has 0 saturated heterocycles. The maximum Gasteiger partial charge on any atom is 0.0485 e. The smallest absolute Gasteiger partial charge is 0.0485 e. The van der Waals surface area contributed by atoms with Crippen LogP contribution >= 0.6 is 0 Å². The summed E-state index contributed by atoms with van der Waals surface area (Å²) in [5, 5.41) is 3.44. The molecule has 0 fully saturated rings. The third kappa shape index (κ3) is 2.59. The molecule has 1 heteroatoms. The molecule has 0 bridgehead atoms. The van der Waals surface area contributed by atoms with Gasteiger partial charge < -0.3 is 5.32 Å². The molecule has 1 radical (unpaired) electrons. The van der Waals surface area contributed by atoms with Crippen molar-refractivity contribution in [2.75, 3.05) is 5.32 Å². The fourth-order valence-corrected chi connectivity index (χ4v) is 1.56. The molecule has 2 rings (SSSR count). The lowest BCUT2D eigenvalue weighted by Gasteiger charge is -2.15. The molecular weight excluding hydrogens is 182 g/mol. The summed E-state index contributed by atoms with van der Waals surface area (Å²) in [4.78, 5) is 0. The summed E-state index contributed by atoms with van der Waals surface area (Å²) in [7, 11) is 0. The lowest BCUT2D eigenvalue weighted by molar-refractivity contribution is 0.885. The zero-order valence-electron chi connectivity index (χ0n) is 8.77. The lowest BCUT2D eigenvalue weighted by Crippen LogP contribution is -2.05. The predicted octanol–water partition coefficient (Wildman–Crippen LogP) is 3.66. The van der Waals surface area contributed by atoms with E-state index >= 15 is 0 Å². The third-order valence-electron chi connectivity index (χ3n) is 2.40. The first kappa shape index (κ1) is 9.78. The summed E-state index contributed by atoms with van der Waals surface area (Å²) in [6.45, 7) is 2.16. The molecule has 0 aliphatic heterocycles. The molecule has 0 spiro atoms. The fraction of sp³-hybridized carbons (Fsp3) is 0.143. The van der Waals surface area contributed by atoms with Gasteiger partial charge in [-0.15, -0.1) is 0 Å². The standard InChI is InChI=1S/C14H14N/c1-12(13-8-4-2-5-9-13)15-14-10-6-3-7-11-14/h2,4-12,15H,1H3. The summed E-state index contributed by atoms with van der Waals surface area (Å²) in [5.74, 6) is 0. The SMILES string of the molecule is CC(Nc1cc[c]cc1)c1ccccc1. The Morgan fingerprint density at radius 3 is 2.33 bits per heavy atom. The highest BCUT2D eigenvalue weighted by molar-refractivity contribution is 5.44. The highest BCUT2D eigenvalue weighted by Gasteiger charge is 2.02. The fourth-order valence-electron chi connectivity index (χ4n) is 1.56. The summed E-state index contributed by atoms with van der Waals surface area (Å²) in [5.41, 5.74) is 2.43. The predicted molar refractivity (Wildman–Crippen MR) is 63.8 cm³/mol. The minimum absolute atomic E-state index is 0.327. The first-order valence-electron chi connectivity index (χ1n) is 5.14. The average Bonchev–Trinajstić information content (AvgIpc) is 2.31. The van der Waals surface area contributed by atoms with E-state index in [2.05, 4.69) is 42.6 Å². The Labute approximate surface area is 90.8 Å². The van der Waals surface area contributed by atoms with E-state index in [1.54, 1.807) is 0 Å². The van der Waals surface area contributed by atoms with Gasteiger partial charge in [0.15, 0.2) is 0 Å². The minimum atomic E-state index is 0.327. The van der Waals surface area contributed by atoms with Gasteiger partial charge in [0.05, 0.1) is 0 Å². The Balaban J connectivity index is 2.08. The Morgan fingerprint density at radius 2 is 1.67 bits per heavy atom. The van der Waals surface area contributed by atoms with Crippen LogP contribution in [0.15, 0.2) is 54.6 Å². The quantitative estimate of drug-likeness (QED) is 0.790. The van der Waals surface area contributed by atoms with E-state index in [-0.39, 0.29) is 0 Å². The van der Waals surface area contributed by atoms with Crippen LogP contribution < -0.4 is 5.32 Å². The van der Waals surface area contributed by atoms with Crippen molar-refractivity contribution in [3.8, 4) is 0 Å². The monoisotopic (exact) mass is 196 g/mol. The summed E-state index contributed by atoms with van der Waals surface area (Å²) in [6.07, 6.45) is 0. The van der Waals surface area contributed by atoms with Crippen molar-refractivity contribution in [3.05, 3.63) is 66.2 Å². The molecule has 0 amide bonds. The molecule has 0 aliphatic carbocycles. The van der Waals surface area contributed by atoms with Crippen molar-refractivity contribution in [2.45, 2.75) is 13.0 Å². The van der Waals surface area contributed by atoms with E-state index in [1.807, 2.05) is 30.3 Å². The highest BCUT2D eigenvalue weighted by Crippen LogP contribution is 2.17. The second-order valence-corrected chi connectivity index (χ2v) is 3.57. The second-order valence-electron chi connectivity index (χ2n) is 3.57. The van der Waals surface area contributed by atoms with E-state index in [9.17, 15) is 0 Å². The van der Waals surface area contributed by atoms with Gasteiger partial charge in [0, 0.05) is 11.7 Å². The Morgan fingerprint density at radius 1 is 1.00 bits per heavy atom. The Bertz CT molecular complexity index is 394. The number of hydrogen-bond donors (Lipinski definition) is 1. The largest absolute Gasteiger partial charge is 0.379 e. The molecule has 0 heterocycles. The van der Waals surface area contributed by atoms with Crippen molar-refractivity contribution >= 4 is 5.69 Å². The van der Waals surface area contributed by atoms with Crippen LogP contribution in [0, 0.1) is 6.07 Å². The summed E-state index contributed by atoms with van der Waals surface area (Å²) in [6, 6.07) is 21.6. The van der Waals surface area contributed by atoms with Crippen LogP contribution in [-0.4, -0.2) is 0 Å². The van der Waals surface area contributed by atoms with Crippen LogP contribution in [0.4, 0.5) is 5.69 Å². The van der Waals surface area contributed by atoms with Gasteiger partial charge in [-0.2, -0.15) is 0 Å². The van der Waals surface area contributed by atoms with Crippen LogP contribution in [-0.2, 0) is 0 Å². The maximum atomic E-state index is 3.44. The number of anilines is 1. The molecule has 2 aromatic rings. The number of hydrogen-bond acceptors (Lipinski definition) is 1. The number of nitrogens with one attached hydrogen (secondary N) is 1.